The Labute approximate surface area is 159 Å². The lowest BCUT2D eigenvalue weighted by atomic mass is 10.1. The van der Waals surface area contributed by atoms with Gasteiger partial charge in [-0.3, -0.25) is 0 Å². The van der Waals surface area contributed by atoms with E-state index in [4.69, 9.17) is 12.2 Å². The highest BCUT2D eigenvalue weighted by Gasteiger charge is 2.27. The largest absolute Gasteiger partial charge is 0.371 e. The SMILES string of the molecule is CCCCCCCCCCCCSC(=S)NCC1CCS(=O)(=O)C1. The lowest BCUT2D eigenvalue weighted by Gasteiger charge is -2.11. The molecular weight excluding hydrogens is 358 g/mol. The van der Waals surface area contributed by atoms with Crippen LogP contribution in [0.1, 0.15) is 77.6 Å². The molecule has 24 heavy (non-hydrogen) atoms. The number of thiocarbonyl (C=S) groups is 1. The van der Waals surface area contributed by atoms with E-state index >= 15 is 0 Å². The van der Waals surface area contributed by atoms with Crippen molar-refractivity contribution in [2.75, 3.05) is 23.8 Å². The van der Waals surface area contributed by atoms with Crippen LogP contribution in [0.15, 0.2) is 0 Å². The van der Waals surface area contributed by atoms with Crippen molar-refractivity contribution < 1.29 is 8.42 Å². The summed E-state index contributed by atoms with van der Waals surface area (Å²) >= 11 is 7.03. The van der Waals surface area contributed by atoms with Gasteiger partial charge >= 0.3 is 0 Å². The summed E-state index contributed by atoms with van der Waals surface area (Å²) in [6, 6.07) is 0. The van der Waals surface area contributed by atoms with Crippen molar-refractivity contribution in [2.24, 2.45) is 5.92 Å². The van der Waals surface area contributed by atoms with Crippen LogP contribution in [0.3, 0.4) is 0 Å². The van der Waals surface area contributed by atoms with Crippen LogP contribution in [0.5, 0.6) is 0 Å². The van der Waals surface area contributed by atoms with Crippen LogP contribution in [-0.4, -0.2) is 36.5 Å². The van der Waals surface area contributed by atoms with E-state index in [-0.39, 0.29) is 5.92 Å². The maximum absolute atomic E-state index is 11.4. The van der Waals surface area contributed by atoms with Gasteiger partial charge in [-0.25, -0.2) is 8.42 Å². The molecule has 1 heterocycles. The Kier molecular flexibility index (Phi) is 12.4. The Morgan fingerprint density at radius 3 is 2.17 bits per heavy atom. The van der Waals surface area contributed by atoms with Gasteiger partial charge in [0.25, 0.3) is 0 Å². The molecule has 1 aliphatic rings. The first-order valence-corrected chi connectivity index (χ1v) is 12.9. The summed E-state index contributed by atoms with van der Waals surface area (Å²) in [7, 11) is -2.77. The zero-order chi connectivity index (χ0) is 17.7. The van der Waals surface area contributed by atoms with E-state index in [9.17, 15) is 8.42 Å². The molecule has 1 saturated heterocycles. The van der Waals surface area contributed by atoms with E-state index in [0.29, 0.717) is 18.1 Å². The summed E-state index contributed by atoms with van der Waals surface area (Å²) in [5.41, 5.74) is 0. The van der Waals surface area contributed by atoms with Crippen molar-refractivity contribution in [2.45, 2.75) is 77.6 Å². The van der Waals surface area contributed by atoms with Crippen LogP contribution in [0.2, 0.25) is 0 Å². The van der Waals surface area contributed by atoms with Gasteiger partial charge in [-0.15, -0.1) is 0 Å². The number of hydrogen-bond acceptors (Lipinski definition) is 4. The Hall–Kier alpha value is 0.190. The second kappa shape index (κ2) is 13.4. The second-order valence-electron chi connectivity index (χ2n) is 6.97. The molecule has 1 rings (SSSR count). The van der Waals surface area contributed by atoms with Gasteiger partial charge in [0.2, 0.25) is 0 Å². The molecule has 0 radical (unpaired) electrons. The third-order valence-corrected chi connectivity index (χ3v) is 7.83. The molecule has 0 aromatic carbocycles. The van der Waals surface area contributed by atoms with Gasteiger partial charge in [0.05, 0.1) is 11.5 Å². The van der Waals surface area contributed by atoms with Gasteiger partial charge < -0.3 is 5.32 Å². The summed E-state index contributed by atoms with van der Waals surface area (Å²) < 4.78 is 23.6. The van der Waals surface area contributed by atoms with Gasteiger partial charge in [-0.1, -0.05) is 88.7 Å². The Balaban J connectivity index is 1.84. The maximum atomic E-state index is 11.4. The van der Waals surface area contributed by atoms with Crippen molar-refractivity contribution in [3.05, 3.63) is 0 Å². The molecule has 0 bridgehead atoms. The minimum absolute atomic E-state index is 0.242. The third kappa shape index (κ3) is 11.7. The number of hydrogen-bond donors (Lipinski definition) is 1. The number of unbranched alkanes of at least 4 members (excludes halogenated alkanes) is 9. The molecule has 0 amide bonds. The Morgan fingerprint density at radius 2 is 1.62 bits per heavy atom. The molecule has 1 unspecified atom stereocenters. The van der Waals surface area contributed by atoms with Gasteiger partial charge in [-0.05, 0) is 18.8 Å². The van der Waals surface area contributed by atoms with Crippen molar-refractivity contribution in [3.8, 4) is 0 Å². The lowest BCUT2D eigenvalue weighted by molar-refractivity contribution is 0.563. The standard InChI is InChI=1S/C18H35NO2S3/c1-2-3-4-5-6-7-8-9-10-11-13-23-18(22)19-15-17-12-14-24(20,21)16-17/h17H,2-16H2,1H3,(H,19,22). The van der Waals surface area contributed by atoms with Crippen LogP contribution in [0.25, 0.3) is 0 Å². The van der Waals surface area contributed by atoms with Gasteiger partial charge in [0.1, 0.15) is 4.32 Å². The fourth-order valence-electron chi connectivity index (χ4n) is 3.07. The molecule has 1 atom stereocenters. The van der Waals surface area contributed by atoms with Crippen molar-refractivity contribution >= 4 is 38.1 Å². The highest BCUT2D eigenvalue weighted by atomic mass is 32.2. The Morgan fingerprint density at radius 1 is 1.04 bits per heavy atom. The van der Waals surface area contributed by atoms with E-state index < -0.39 is 9.84 Å². The third-order valence-electron chi connectivity index (χ3n) is 4.59. The molecule has 1 aliphatic heterocycles. The molecule has 0 aliphatic carbocycles. The van der Waals surface area contributed by atoms with Crippen molar-refractivity contribution in [1.82, 2.24) is 5.32 Å². The average Bonchev–Trinajstić information content (AvgIpc) is 2.90. The summed E-state index contributed by atoms with van der Waals surface area (Å²) in [4.78, 5) is 0. The van der Waals surface area contributed by atoms with E-state index in [1.54, 1.807) is 11.8 Å². The molecule has 0 aromatic rings. The van der Waals surface area contributed by atoms with Gasteiger partial charge in [0, 0.05) is 12.3 Å². The molecule has 0 saturated carbocycles. The summed E-state index contributed by atoms with van der Waals surface area (Å²) in [6.07, 6.45) is 14.3. The summed E-state index contributed by atoms with van der Waals surface area (Å²) in [6.45, 7) is 2.97. The number of thioether (sulfide) groups is 1. The van der Waals surface area contributed by atoms with Crippen molar-refractivity contribution in [1.29, 1.82) is 0 Å². The number of rotatable bonds is 13. The minimum Gasteiger partial charge on any atom is -0.371 e. The molecule has 6 heteroatoms. The predicted octanol–water partition coefficient (Wildman–Crippen LogP) is 4.95. The molecule has 0 aromatic heterocycles. The molecule has 0 spiro atoms. The quantitative estimate of drug-likeness (QED) is 0.354. The predicted molar refractivity (Wildman–Crippen MR) is 112 cm³/mol. The first kappa shape index (κ1) is 22.2. The zero-order valence-electron chi connectivity index (χ0n) is 15.2. The van der Waals surface area contributed by atoms with Crippen LogP contribution in [0, 0.1) is 5.92 Å². The minimum atomic E-state index is -2.77. The monoisotopic (exact) mass is 393 g/mol. The lowest BCUT2D eigenvalue weighted by Crippen LogP contribution is -2.26. The summed E-state index contributed by atoms with van der Waals surface area (Å²) in [5.74, 6) is 1.99. The number of nitrogens with one attached hydrogen (secondary N) is 1. The first-order valence-electron chi connectivity index (χ1n) is 9.64. The van der Waals surface area contributed by atoms with Crippen LogP contribution in [0.4, 0.5) is 0 Å². The van der Waals surface area contributed by atoms with Crippen LogP contribution in [-0.2, 0) is 9.84 Å². The number of sulfone groups is 1. The van der Waals surface area contributed by atoms with E-state index in [0.717, 1.165) is 16.5 Å². The van der Waals surface area contributed by atoms with E-state index in [2.05, 4.69) is 12.2 Å². The van der Waals surface area contributed by atoms with Gasteiger partial charge in [0.15, 0.2) is 9.84 Å². The fraction of sp³-hybridized carbons (Fsp3) is 0.944. The van der Waals surface area contributed by atoms with E-state index in [1.807, 2.05) is 0 Å². The molecule has 1 N–H and O–H groups in total. The van der Waals surface area contributed by atoms with Gasteiger partial charge in [-0.2, -0.15) is 0 Å². The maximum Gasteiger partial charge on any atom is 0.150 e. The van der Waals surface area contributed by atoms with Crippen molar-refractivity contribution in [3.63, 3.8) is 0 Å². The zero-order valence-corrected chi connectivity index (χ0v) is 17.7. The average molecular weight is 394 g/mol. The smallest absolute Gasteiger partial charge is 0.150 e. The summed E-state index contributed by atoms with van der Waals surface area (Å²) in [5, 5.41) is 3.23. The Bertz CT molecular complexity index is 438. The molecule has 3 nitrogen and oxygen atoms in total. The highest BCUT2D eigenvalue weighted by Crippen LogP contribution is 2.18. The normalized spacial score (nSPS) is 19.5. The molecule has 1 fully saturated rings. The van der Waals surface area contributed by atoms with E-state index in [1.165, 1.54) is 64.2 Å². The topological polar surface area (TPSA) is 46.2 Å². The fourth-order valence-corrected chi connectivity index (χ4v) is 5.98. The van der Waals surface area contributed by atoms with Crippen LogP contribution >= 0.6 is 24.0 Å². The second-order valence-corrected chi connectivity index (χ2v) is 11.0. The first-order chi connectivity index (χ1) is 11.5. The highest BCUT2D eigenvalue weighted by molar-refractivity contribution is 8.22. The molecular formula is C18H35NO2S3. The van der Waals surface area contributed by atoms with Crippen LogP contribution < -0.4 is 5.32 Å². The molecule has 142 valence electrons.